The molecule has 1 aliphatic heterocycles. The van der Waals surface area contributed by atoms with Crippen LogP contribution in [-0.2, 0) is 6.42 Å². The summed E-state index contributed by atoms with van der Waals surface area (Å²) in [6.07, 6.45) is 3.91. The van der Waals surface area contributed by atoms with Crippen molar-refractivity contribution >= 4 is 23.4 Å². The second-order valence-corrected chi connectivity index (χ2v) is 5.69. The maximum Gasteiger partial charge on any atom is 0.134 e. The molecule has 2 rings (SSSR count). The fourth-order valence-electron chi connectivity index (χ4n) is 2.20. The molecule has 1 saturated heterocycles. The van der Waals surface area contributed by atoms with Crippen LogP contribution in [0.4, 0.5) is 11.6 Å². The highest BCUT2D eigenvalue weighted by Crippen LogP contribution is 2.25. The number of anilines is 2. The van der Waals surface area contributed by atoms with Crippen molar-refractivity contribution in [3.63, 3.8) is 0 Å². The van der Waals surface area contributed by atoms with Gasteiger partial charge in [-0.15, -0.1) is 0 Å². The van der Waals surface area contributed by atoms with Gasteiger partial charge in [0.05, 0.1) is 0 Å². The SMILES string of the molecule is CCNc1ncnc(NCC2CCSC2)c1CC. The van der Waals surface area contributed by atoms with Gasteiger partial charge in [-0.05, 0) is 37.2 Å². The lowest BCUT2D eigenvalue weighted by atomic mass is 10.1. The van der Waals surface area contributed by atoms with E-state index in [1.165, 1.54) is 23.5 Å². The molecule has 1 aromatic rings. The molecule has 0 radical (unpaired) electrons. The quantitative estimate of drug-likeness (QED) is 0.829. The highest BCUT2D eigenvalue weighted by Gasteiger charge is 2.16. The van der Waals surface area contributed by atoms with Crippen LogP contribution in [0.15, 0.2) is 6.33 Å². The molecular formula is C13H22N4S. The Kier molecular flexibility index (Phi) is 5.11. The van der Waals surface area contributed by atoms with Crippen LogP contribution in [0.3, 0.4) is 0 Å². The average Bonchev–Trinajstić information content (AvgIpc) is 2.90. The average molecular weight is 266 g/mol. The maximum atomic E-state index is 4.38. The molecule has 0 amide bonds. The fourth-order valence-corrected chi connectivity index (χ4v) is 3.49. The van der Waals surface area contributed by atoms with Crippen molar-refractivity contribution in [2.45, 2.75) is 26.7 Å². The van der Waals surface area contributed by atoms with Gasteiger partial charge in [-0.2, -0.15) is 11.8 Å². The predicted molar refractivity (Wildman–Crippen MR) is 79.5 cm³/mol. The molecule has 2 heterocycles. The number of aromatic nitrogens is 2. The summed E-state index contributed by atoms with van der Waals surface area (Å²) in [4.78, 5) is 8.70. The summed E-state index contributed by atoms with van der Waals surface area (Å²) in [6.45, 7) is 6.16. The molecule has 1 unspecified atom stereocenters. The van der Waals surface area contributed by atoms with Crippen molar-refractivity contribution in [2.75, 3.05) is 35.2 Å². The second kappa shape index (κ2) is 6.83. The van der Waals surface area contributed by atoms with E-state index in [0.29, 0.717) is 0 Å². The van der Waals surface area contributed by atoms with Crippen molar-refractivity contribution in [2.24, 2.45) is 5.92 Å². The van der Waals surface area contributed by atoms with Gasteiger partial charge in [0.15, 0.2) is 0 Å². The van der Waals surface area contributed by atoms with Crippen LogP contribution in [0.2, 0.25) is 0 Å². The second-order valence-electron chi connectivity index (χ2n) is 4.54. The highest BCUT2D eigenvalue weighted by atomic mass is 32.2. The van der Waals surface area contributed by atoms with Gasteiger partial charge in [0.25, 0.3) is 0 Å². The first-order valence-electron chi connectivity index (χ1n) is 6.74. The van der Waals surface area contributed by atoms with Crippen LogP contribution in [0.1, 0.15) is 25.8 Å². The van der Waals surface area contributed by atoms with E-state index in [2.05, 4.69) is 46.2 Å². The van der Waals surface area contributed by atoms with Gasteiger partial charge < -0.3 is 10.6 Å². The van der Waals surface area contributed by atoms with E-state index in [0.717, 1.165) is 37.1 Å². The zero-order valence-corrected chi connectivity index (χ0v) is 12.0. The Bertz CT molecular complexity index is 377. The summed E-state index contributed by atoms with van der Waals surface area (Å²) in [6, 6.07) is 0. The minimum absolute atomic E-state index is 0.789. The van der Waals surface area contributed by atoms with E-state index >= 15 is 0 Å². The zero-order valence-electron chi connectivity index (χ0n) is 11.2. The molecule has 0 aromatic carbocycles. The van der Waals surface area contributed by atoms with Gasteiger partial charge in [-0.1, -0.05) is 6.92 Å². The Balaban J connectivity index is 2.03. The van der Waals surface area contributed by atoms with Gasteiger partial charge in [-0.3, -0.25) is 0 Å². The standard InChI is InChI=1S/C13H22N4S/c1-3-11-12(14-4-2)16-9-17-13(11)15-7-10-5-6-18-8-10/h9-10H,3-8H2,1-2H3,(H2,14,15,16,17). The smallest absolute Gasteiger partial charge is 0.134 e. The van der Waals surface area contributed by atoms with Crippen molar-refractivity contribution in [1.82, 2.24) is 9.97 Å². The lowest BCUT2D eigenvalue weighted by Gasteiger charge is -2.15. The van der Waals surface area contributed by atoms with Gasteiger partial charge in [0.1, 0.15) is 18.0 Å². The van der Waals surface area contributed by atoms with E-state index < -0.39 is 0 Å². The first-order chi connectivity index (χ1) is 8.85. The van der Waals surface area contributed by atoms with Crippen LogP contribution in [0.5, 0.6) is 0 Å². The maximum absolute atomic E-state index is 4.38. The first kappa shape index (κ1) is 13.5. The van der Waals surface area contributed by atoms with Gasteiger partial charge in [0.2, 0.25) is 0 Å². The molecule has 0 bridgehead atoms. The van der Waals surface area contributed by atoms with Crippen LogP contribution in [-0.4, -0.2) is 34.6 Å². The Morgan fingerprint density at radius 2 is 2.06 bits per heavy atom. The molecule has 0 saturated carbocycles. The molecule has 5 heteroatoms. The van der Waals surface area contributed by atoms with Crippen molar-refractivity contribution in [3.8, 4) is 0 Å². The predicted octanol–water partition coefficient (Wildman–Crippen LogP) is 2.64. The molecule has 2 N–H and O–H groups in total. The van der Waals surface area contributed by atoms with E-state index in [-0.39, 0.29) is 0 Å². The first-order valence-corrected chi connectivity index (χ1v) is 7.90. The van der Waals surface area contributed by atoms with Crippen molar-refractivity contribution < 1.29 is 0 Å². The number of nitrogens with zero attached hydrogens (tertiary/aromatic N) is 2. The molecule has 1 aromatic heterocycles. The Morgan fingerprint density at radius 1 is 1.28 bits per heavy atom. The number of hydrogen-bond donors (Lipinski definition) is 2. The molecule has 1 aliphatic rings. The van der Waals surface area contributed by atoms with Crippen LogP contribution >= 0.6 is 11.8 Å². The van der Waals surface area contributed by atoms with Crippen molar-refractivity contribution in [1.29, 1.82) is 0 Å². The van der Waals surface area contributed by atoms with Crippen LogP contribution in [0, 0.1) is 5.92 Å². The summed E-state index contributed by atoms with van der Waals surface area (Å²) in [7, 11) is 0. The van der Waals surface area contributed by atoms with Crippen molar-refractivity contribution in [3.05, 3.63) is 11.9 Å². The summed E-state index contributed by atoms with van der Waals surface area (Å²) in [5, 5.41) is 6.80. The van der Waals surface area contributed by atoms with Gasteiger partial charge in [-0.25, -0.2) is 9.97 Å². The summed E-state index contributed by atoms with van der Waals surface area (Å²) >= 11 is 2.05. The normalized spacial score (nSPS) is 18.9. The largest absolute Gasteiger partial charge is 0.370 e. The Hall–Kier alpha value is -0.970. The van der Waals surface area contributed by atoms with E-state index in [9.17, 15) is 0 Å². The summed E-state index contributed by atoms with van der Waals surface area (Å²) in [5.41, 5.74) is 1.20. The molecule has 0 spiro atoms. The molecule has 100 valence electrons. The molecule has 0 aliphatic carbocycles. The van der Waals surface area contributed by atoms with Crippen LogP contribution in [0.25, 0.3) is 0 Å². The topological polar surface area (TPSA) is 49.8 Å². The lowest BCUT2D eigenvalue weighted by Crippen LogP contribution is -2.16. The minimum atomic E-state index is 0.789. The Labute approximate surface area is 113 Å². The van der Waals surface area contributed by atoms with Gasteiger partial charge >= 0.3 is 0 Å². The monoisotopic (exact) mass is 266 g/mol. The lowest BCUT2D eigenvalue weighted by molar-refractivity contribution is 0.630. The number of hydrogen-bond acceptors (Lipinski definition) is 5. The molecule has 4 nitrogen and oxygen atoms in total. The molecule has 1 atom stereocenters. The zero-order chi connectivity index (χ0) is 12.8. The summed E-state index contributed by atoms with van der Waals surface area (Å²) < 4.78 is 0. The van der Waals surface area contributed by atoms with E-state index in [4.69, 9.17) is 0 Å². The number of rotatable bonds is 6. The third kappa shape index (κ3) is 3.28. The van der Waals surface area contributed by atoms with E-state index in [1.54, 1.807) is 6.33 Å². The highest BCUT2D eigenvalue weighted by molar-refractivity contribution is 7.99. The van der Waals surface area contributed by atoms with Gasteiger partial charge in [0, 0.05) is 18.7 Å². The molecular weight excluding hydrogens is 244 g/mol. The third-order valence-electron chi connectivity index (χ3n) is 3.23. The minimum Gasteiger partial charge on any atom is -0.370 e. The summed E-state index contributed by atoms with van der Waals surface area (Å²) in [5.74, 6) is 5.34. The van der Waals surface area contributed by atoms with E-state index in [1.807, 2.05) is 0 Å². The molecule has 1 fully saturated rings. The number of nitrogens with one attached hydrogen (secondary N) is 2. The third-order valence-corrected chi connectivity index (χ3v) is 4.46. The molecule has 18 heavy (non-hydrogen) atoms. The fraction of sp³-hybridized carbons (Fsp3) is 0.692. The Morgan fingerprint density at radius 3 is 2.67 bits per heavy atom. The van der Waals surface area contributed by atoms with Crippen LogP contribution < -0.4 is 10.6 Å². The number of thioether (sulfide) groups is 1.